The van der Waals surface area contributed by atoms with E-state index < -0.39 is 0 Å². The van der Waals surface area contributed by atoms with E-state index in [4.69, 9.17) is 34.8 Å². The molecule has 0 amide bonds. The molecule has 23 heavy (non-hydrogen) atoms. The topological polar surface area (TPSA) is 37.3 Å². The highest BCUT2D eigenvalue weighted by atomic mass is 35.5. The lowest BCUT2D eigenvalue weighted by Crippen LogP contribution is -2.00. The van der Waals surface area contributed by atoms with Crippen LogP contribution < -0.4 is 5.43 Å². The summed E-state index contributed by atoms with van der Waals surface area (Å²) >= 11 is 18.0. The Labute approximate surface area is 148 Å². The molecule has 0 radical (unpaired) electrons. The third-order valence-corrected chi connectivity index (χ3v) is 4.36. The normalized spacial score (nSPS) is 11.7. The minimum Gasteiger partial charge on any atom is -0.277 e. The molecule has 0 aliphatic heterocycles. The Bertz CT molecular complexity index is 907. The van der Waals surface area contributed by atoms with E-state index in [0.717, 1.165) is 27.9 Å². The van der Waals surface area contributed by atoms with E-state index in [1.54, 1.807) is 18.3 Å². The van der Waals surface area contributed by atoms with Crippen LogP contribution in [0.3, 0.4) is 0 Å². The predicted molar refractivity (Wildman–Crippen MR) is 99.0 cm³/mol. The maximum atomic E-state index is 6.04. The Morgan fingerprint density at radius 2 is 1.83 bits per heavy atom. The van der Waals surface area contributed by atoms with Gasteiger partial charge in [-0.25, -0.2) is 0 Å². The number of nitrogens with zero attached hydrogens (tertiary/aromatic N) is 2. The van der Waals surface area contributed by atoms with Crippen molar-refractivity contribution >= 4 is 57.1 Å². The summed E-state index contributed by atoms with van der Waals surface area (Å²) in [5.41, 5.74) is 6.42. The third-order valence-electron chi connectivity index (χ3n) is 3.39. The molecular weight excluding hydrogens is 353 g/mol. The van der Waals surface area contributed by atoms with Gasteiger partial charge in [0, 0.05) is 16.6 Å². The second-order valence-electron chi connectivity index (χ2n) is 4.96. The maximum Gasteiger partial charge on any atom is 0.0738 e. The van der Waals surface area contributed by atoms with Crippen LogP contribution in [0.4, 0.5) is 5.69 Å². The number of benzene rings is 2. The fraction of sp³-hybridized carbons (Fsp3) is 0.0588. The monoisotopic (exact) mass is 363 g/mol. The molecule has 3 nitrogen and oxygen atoms in total. The van der Waals surface area contributed by atoms with Gasteiger partial charge in [-0.1, -0.05) is 40.9 Å². The molecule has 0 spiro atoms. The van der Waals surface area contributed by atoms with E-state index >= 15 is 0 Å². The lowest BCUT2D eigenvalue weighted by atomic mass is 10.1. The van der Waals surface area contributed by atoms with E-state index in [-0.39, 0.29) is 0 Å². The molecule has 0 saturated heterocycles. The van der Waals surface area contributed by atoms with Gasteiger partial charge in [-0.2, -0.15) is 5.10 Å². The largest absolute Gasteiger partial charge is 0.277 e. The smallest absolute Gasteiger partial charge is 0.0738 e. The lowest BCUT2D eigenvalue weighted by molar-refractivity contribution is 1.31. The number of halogens is 3. The minimum atomic E-state index is 0.503. The second kappa shape index (κ2) is 6.75. The van der Waals surface area contributed by atoms with E-state index in [9.17, 15) is 0 Å². The van der Waals surface area contributed by atoms with Crippen molar-refractivity contribution in [2.24, 2.45) is 5.10 Å². The van der Waals surface area contributed by atoms with Gasteiger partial charge >= 0.3 is 0 Å². The molecule has 0 aliphatic carbocycles. The molecule has 0 bridgehead atoms. The number of anilines is 1. The number of hydrogen-bond acceptors (Lipinski definition) is 3. The van der Waals surface area contributed by atoms with Crippen molar-refractivity contribution in [3.8, 4) is 0 Å². The number of rotatable bonds is 3. The Morgan fingerprint density at radius 1 is 1.00 bits per heavy atom. The summed E-state index contributed by atoms with van der Waals surface area (Å²) in [5, 5.41) is 7.03. The Kier molecular flexibility index (Phi) is 4.71. The Balaban J connectivity index is 1.91. The highest BCUT2D eigenvalue weighted by Crippen LogP contribution is 2.25. The molecule has 1 heterocycles. The van der Waals surface area contributed by atoms with Crippen LogP contribution in [-0.2, 0) is 0 Å². The molecule has 116 valence electrons. The SMILES string of the molecule is C/C(=N/Nc1ccnc2cc(Cl)ccc12)c1ccc(Cl)c(Cl)c1. The van der Waals surface area contributed by atoms with E-state index in [1.807, 2.05) is 37.3 Å². The van der Waals surface area contributed by atoms with Crippen LogP contribution in [0.2, 0.25) is 15.1 Å². The van der Waals surface area contributed by atoms with Crippen molar-refractivity contribution in [1.82, 2.24) is 4.98 Å². The molecule has 0 fully saturated rings. The van der Waals surface area contributed by atoms with E-state index in [2.05, 4.69) is 15.5 Å². The average molecular weight is 365 g/mol. The van der Waals surface area contributed by atoms with Crippen molar-refractivity contribution < 1.29 is 0 Å². The molecule has 2 aromatic carbocycles. The molecule has 0 unspecified atom stereocenters. The first-order valence-corrected chi connectivity index (χ1v) is 7.98. The molecule has 1 N–H and O–H groups in total. The van der Waals surface area contributed by atoms with Gasteiger partial charge in [-0.3, -0.25) is 10.4 Å². The lowest BCUT2D eigenvalue weighted by Gasteiger charge is -2.07. The number of nitrogens with one attached hydrogen (secondary N) is 1. The van der Waals surface area contributed by atoms with E-state index in [1.165, 1.54) is 0 Å². The molecule has 1 aromatic heterocycles. The molecule has 0 atom stereocenters. The van der Waals surface area contributed by atoms with Crippen LogP contribution in [0.15, 0.2) is 53.8 Å². The van der Waals surface area contributed by atoms with Crippen LogP contribution in [0.25, 0.3) is 10.9 Å². The molecule has 0 aliphatic rings. The van der Waals surface area contributed by atoms with Gasteiger partial charge in [0.2, 0.25) is 0 Å². The number of hydrazone groups is 1. The summed E-state index contributed by atoms with van der Waals surface area (Å²) in [6.07, 6.45) is 1.71. The standard InChI is InChI=1S/C17H12Cl3N3/c1-10(11-2-5-14(19)15(20)8-11)22-23-16-6-7-21-17-9-12(18)3-4-13(16)17/h2-9H,1H3,(H,21,23)/b22-10-. The second-order valence-corrected chi connectivity index (χ2v) is 6.21. The summed E-state index contributed by atoms with van der Waals surface area (Å²) in [6.45, 7) is 1.90. The predicted octanol–water partition coefficient (Wildman–Crippen LogP) is 6.03. The summed E-state index contributed by atoms with van der Waals surface area (Å²) < 4.78 is 0. The van der Waals surface area contributed by atoms with Crippen molar-refractivity contribution in [1.29, 1.82) is 0 Å². The van der Waals surface area contributed by atoms with Crippen molar-refractivity contribution in [3.63, 3.8) is 0 Å². The summed E-state index contributed by atoms with van der Waals surface area (Å²) in [6, 6.07) is 12.8. The zero-order chi connectivity index (χ0) is 16.4. The van der Waals surface area contributed by atoms with Crippen LogP contribution in [0, 0.1) is 0 Å². The minimum absolute atomic E-state index is 0.503. The van der Waals surface area contributed by atoms with Gasteiger partial charge in [0.15, 0.2) is 0 Å². The van der Waals surface area contributed by atoms with Gasteiger partial charge in [0.25, 0.3) is 0 Å². The van der Waals surface area contributed by atoms with Crippen LogP contribution in [-0.4, -0.2) is 10.7 Å². The summed E-state index contributed by atoms with van der Waals surface area (Å²) in [7, 11) is 0. The average Bonchev–Trinajstić information content (AvgIpc) is 2.54. The van der Waals surface area contributed by atoms with Crippen LogP contribution in [0.1, 0.15) is 12.5 Å². The van der Waals surface area contributed by atoms with Crippen molar-refractivity contribution in [3.05, 3.63) is 69.3 Å². The Hall–Kier alpha value is -1.81. The first-order valence-electron chi connectivity index (χ1n) is 6.84. The number of fused-ring (bicyclic) bond motifs is 1. The first kappa shape index (κ1) is 16.1. The highest BCUT2D eigenvalue weighted by Gasteiger charge is 2.04. The van der Waals surface area contributed by atoms with Gasteiger partial charge < -0.3 is 0 Å². The molecular formula is C17H12Cl3N3. The van der Waals surface area contributed by atoms with Crippen molar-refractivity contribution in [2.75, 3.05) is 5.43 Å². The van der Waals surface area contributed by atoms with Crippen LogP contribution in [0.5, 0.6) is 0 Å². The van der Waals surface area contributed by atoms with Gasteiger partial charge in [0.1, 0.15) is 0 Å². The summed E-state index contributed by atoms with van der Waals surface area (Å²) in [4.78, 5) is 4.30. The van der Waals surface area contributed by atoms with Crippen molar-refractivity contribution in [2.45, 2.75) is 6.92 Å². The van der Waals surface area contributed by atoms with Gasteiger partial charge in [-0.15, -0.1) is 0 Å². The number of aromatic nitrogens is 1. The molecule has 0 saturated carbocycles. The third kappa shape index (κ3) is 3.58. The van der Waals surface area contributed by atoms with Crippen LogP contribution >= 0.6 is 34.8 Å². The highest BCUT2D eigenvalue weighted by molar-refractivity contribution is 6.42. The summed E-state index contributed by atoms with van der Waals surface area (Å²) in [5.74, 6) is 0. The van der Waals surface area contributed by atoms with Gasteiger partial charge in [0.05, 0.1) is 27.0 Å². The van der Waals surface area contributed by atoms with Gasteiger partial charge in [-0.05, 0) is 48.9 Å². The van der Waals surface area contributed by atoms with E-state index in [0.29, 0.717) is 15.1 Å². The fourth-order valence-electron chi connectivity index (χ4n) is 2.15. The quantitative estimate of drug-likeness (QED) is 0.455. The maximum absolute atomic E-state index is 6.04. The molecule has 3 aromatic rings. The fourth-order valence-corrected chi connectivity index (χ4v) is 2.61. The molecule has 6 heteroatoms. The Morgan fingerprint density at radius 3 is 2.61 bits per heavy atom. The zero-order valence-corrected chi connectivity index (χ0v) is 14.4. The number of pyridine rings is 1. The number of hydrogen-bond donors (Lipinski definition) is 1. The molecule has 3 rings (SSSR count). The zero-order valence-electron chi connectivity index (χ0n) is 12.1. The first-order chi connectivity index (χ1) is 11.0.